The highest BCUT2D eigenvalue weighted by molar-refractivity contribution is 5.99. The van der Waals surface area contributed by atoms with E-state index in [1.54, 1.807) is 32.9 Å². The Bertz CT molecular complexity index is 369. The van der Waals surface area contributed by atoms with Crippen LogP contribution < -0.4 is 0 Å². The molecule has 0 saturated carbocycles. The highest BCUT2D eigenvalue weighted by Crippen LogP contribution is 2.21. The number of hydrogen-bond donors (Lipinski definition) is 0. The molecule has 1 aromatic heterocycles. The van der Waals surface area contributed by atoms with Crippen molar-refractivity contribution in [2.45, 2.75) is 20.8 Å². The second-order valence-electron chi connectivity index (χ2n) is 3.48. The summed E-state index contributed by atoms with van der Waals surface area (Å²) in [6.45, 7) is 4.91. The second-order valence-corrected chi connectivity index (χ2v) is 3.48. The van der Waals surface area contributed by atoms with Crippen molar-refractivity contribution >= 4 is 5.78 Å². The van der Waals surface area contributed by atoms with Crippen LogP contribution in [0.2, 0.25) is 0 Å². The third-order valence-corrected chi connectivity index (χ3v) is 1.81. The molecule has 0 aromatic carbocycles. The Labute approximate surface area is 77.0 Å². The minimum absolute atomic E-state index is 0.254. The van der Waals surface area contributed by atoms with Crippen LogP contribution in [0.3, 0.4) is 0 Å². The molecule has 68 valence electrons. The molecule has 1 rings (SSSR count). The summed E-state index contributed by atoms with van der Waals surface area (Å²) in [4.78, 5) is 11.6. The fraction of sp³-hybridized carbons (Fsp3) is 0.400. The Kier molecular flexibility index (Phi) is 2.24. The summed E-state index contributed by atoms with van der Waals surface area (Å²) in [5.41, 5.74) is -1.01. The van der Waals surface area contributed by atoms with E-state index in [1.165, 1.54) is 0 Å². The minimum Gasteiger partial charge on any atom is -0.458 e. The first-order valence-corrected chi connectivity index (χ1v) is 4.00. The normalized spacial score (nSPS) is 10.9. The molecule has 0 bridgehead atoms. The van der Waals surface area contributed by atoms with E-state index in [2.05, 4.69) is 0 Å². The van der Waals surface area contributed by atoms with Gasteiger partial charge in [-0.3, -0.25) is 4.79 Å². The molecule has 3 heteroatoms. The molecule has 1 aromatic rings. The van der Waals surface area contributed by atoms with Crippen molar-refractivity contribution in [2.24, 2.45) is 5.41 Å². The third-order valence-electron chi connectivity index (χ3n) is 1.81. The van der Waals surface area contributed by atoms with E-state index in [9.17, 15) is 4.79 Å². The maximum Gasteiger partial charge on any atom is 0.217 e. The molecule has 0 spiro atoms. The van der Waals surface area contributed by atoms with Crippen LogP contribution in [0.5, 0.6) is 0 Å². The minimum atomic E-state index is -1.01. The molecule has 0 N–H and O–H groups in total. The van der Waals surface area contributed by atoms with Gasteiger partial charge in [0.1, 0.15) is 11.2 Å². The van der Waals surface area contributed by atoms with Crippen LogP contribution >= 0.6 is 0 Å². The maximum absolute atomic E-state index is 11.6. The summed E-state index contributed by atoms with van der Waals surface area (Å²) in [7, 11) is 0. The van der Waals surface area contributed by atoms with Crippen molar-refractivity contribution in [3.05, 3.63) is 23.7 Å². The van der Waals surface area contributed by atoms with Crippen LogP contribution in [0.25, 0.3) is 0 Å². The molecular formula is C10H11NO2. The van der Waals surface area contributed by atoms with Gasteiger partial charge < -0.3 is 4.42 Å². The van der Waals surface area contributed by atoms with Gasteiger partial charge in [0.2, 0.25) is 5.78 Å². The van der Waals surface area contributed by atoms with E-state index in [4.69, 9.17) is 9.68 Å². The van der Waals surface area contributed by atoms with Crippen molar-refractivity contribution in [1.82, 2.24) is 0 Å². The van der Waals surface area contributed by atoms with Gasteiger partial charge in [0.15, 0.2) is 5.76 Å². The largest absolute Gasteiger partial charge is 0.458 e. The second kappa shape index (κ2) is 3.06. The molecule has 0 atom stereocenters. The van der Waals surface area contributed by atoms with Gasteiger partial charge >= 0.3 is 0 Å². The predicted octanol–water partition coefficient (Wildman–Crippen LogP) is 2.32. The molecular weight excluding hydrogens is 166 g/mol. The van der Waals surface area contributed by atoms with Gasteiger partial charge in [0.25, 0.3) is 0 Å². The van der Waals surface area contributed by atoms with Crippen molar-refractivity contribution in [3.63, 3.8) is 0 Å². The monoisotopic (exact) mass is 177 g/mol. The topological polar surface area (TPSA) is 54.0 Å². The Hall–Kier alpha value is -1.56. The number of carbonyl (C=O) groups excluding carboxylic acids is 1. The van der Waals surface area contributed by atoms with Gasteiger partial charge in [-0.15, -0.1) is 0 Å². The summed E-state index contributed by atoms with van der Waals surface area (Å²) in [6.07, 6.45) is 0. The molecule has 3 nitrogen and oxygen atoms in total. The van der Waals surface area contributed by atoms with E-state index in [0.29, 0.717) is 5.76 Å². The number of hydrogen-bond acceptors (Lipinski definition) is 3. The number of nitrogens with zero attached hydrogens (tertiary/aromatic N) is 1. The number of aryl methyl sites for hydroxylation is 1. The fourth-order valence-electron chi connectivity index (χ4n) is 0.915. The fourth-order valence-corrected chi connectivity index (χ4v) is 0.915. The SMILES string of the molecule is Cc1ccc(C(=O)C(C)(C)C#N)o1. The van der Waals surface area contributed by atoms with Gasteiger partial charge in [0, 0.05) is 0 Å². The maximum atomic E-state index is 11.6. The van der Waals surface area contributed by atoms with Crippen LogP contribution in [0.15, 0.2) is 16.5 Å². The molecule has 13 heavy (non-hydrogen) atoms. The molecule has 0 aliphatic heterocycles. The number of rotatable bonds is 2. The Morgan fingerprint density at radius 1 is 1.54 bits per heavy atom. The number of nitriles is 1. The number of furan rings is 1. The van der Waals surface area contributed by atoms with Gasteiger partial charge in [0.05, 0.1) is 6.07 Å². The van der Waals surface area contributed by atoms with E-state index in [1.807, 2.05) is 6.07 Å². The van der Waals surface area contributed by atoms with Crippen LogP contribution in [0.1, 0.15) is 30.2 Å². The lowest BCUT2D eigenvalue weighted by Crippen LogP contribution is -2.21. The predicted molar refractivity (Wildman–Crippen MR) is 47.2 cm³/mol. The zero-order valence-corrected chi connectivity index (χ0v) is 7.92. The van der Waals surface area contributed by atoms with E-state index >= 15 is 0 Å². The summed E-state index contributed by atoms with van der Waals surface area (Å²) in [5.74, 6) is 0.657. The molecule has 0 fully saturated rings. The number of Topliss-reactive ketones (excluding diaryl/α,β-unsaturated/α-hetero) is 1. The van der Waals surface area contributed by atoms with Crippen molar-refractivity contribution in [1.29, 1.82) is 5.26 Å². The average Bonchev–Trinajstić information content (AvgIpc) is 2.50. The zero-order chi connectivity index (χ0) is 10.1. The number of carbonyl (C=O) groups is 1. The quantitative estimate of drug-likeness (QED) is 0.651. The molecule has 0 aliphatic rings. The lowest BCUT2D eigenvalue weighted by atomic mass is 9.89. The summed E-state index contributed by atoms with van der Waals surface area (Å²) in [6, 6.07) is 5.24. The van der Waals surface area contributed by atoms with E-state index in [0.717, 1.165) is 0 Å². The summed E-state index contributed by atoms with van der Waals surface area (Å²) < 4.78 is 5.13. The van der Waals surface area contributed by atoms with Gasteiger partial charge in [-0.25, -0.2) is 0 Å². The smallest absolute Gasteiger partial charge is 0.217 e. The summed E-state index contributed by atoms with van der Waals surface area (Å²) in [5, 5.41) is 8.72. The lowest BCUT2D eigenvalue weighted by Gasteiger charge is -2.10. The van der Waals surface area contributed by atoms with Crippen molar-refractivity contribution < 1.29 is 9.21 Å². The third kappa shape index (κ3) is 1.78. The van der Waals surface area contributed by atoms with Gasteiger partial charge in [-0.1, -0.05) is 0 Å². The standard InChI is InChI=1S/C10H11NO2/c1-7-4-5-8(13-7)9(12)10(2,3)6-11/h4-5H,1-3H3. The molecule has 0 unspecified atom stereocenters. The molecule has 0 radical (unpaired) electrons. The average molecular weight is 177 g/mol. The summed E-state index contributed by atoms with van der Waals surface area (Å²) >= 11 is 0. The first-order chi connectivity index (χ1) is 5.97. The van der Waals surface area contributed by atoms with E-state index in [-0.39, 0.29) is 11.5 Å². The van der Waals surface area contributed by atoms with Crippen LogP contribution in [-0.4, -0.2) is 5.78 Å². The molecule has 0 saturated heterocycles. The first kappa shape index (κ1) is 9.53. The highest BCUT2D eigenvalue weighted by atomic mass is 16.3. The Balaban J connectivity index is 3.00. The van der Waals surface area contributed by atoms with Gasteiger partial charge in [-0.05, 0) is 32.9 Å². The van der Waals surface area contributed by atoms with Crippen molar-refractivity contribution in [2.75, 3.05) is 0 Å². The molecule has 0 amide bonds. The van der Waals surface area contributed by atoms with Crippen LogP contribution in [0.4, 0.5) is 0 Å². The van der Waals surface area contributed by atoms with Crippen molar-refractivity contribution in [3.8, 4) is 6.07 Å². The first-order valence-electron chi connectivity index (χ1n) is 4.00. The number of ketones is 1. The molecule has 1 heterocycles. The molecule has 0 aliphatic carbocycles. The zero-order valence-electron chi connectivity index (χ0n) is 7.92. The lowest BCUT2D eigenvalue weighted by molar-refractivity contribution is 0.0861. The Morgan fingerprint density at radius 2 is 2.15 bits per heavy atom. The van der Waals surface area contributed by atoms with E-state index < -0.39 is 5.41 Å². The highest BCUT2D eigenvalue weighted by Gasteiger charge is 2.30. The Morgan fingerprint density at radius 3 is 2.54 bits per heavy atom. The van der Waals surface area contributed by atoms with Crippen LogP contribution in [0, 0.1) is 23.7 Å². The van der Waals surface area contributed by atoms with Crippen LogP contribution in [-0.2, 0) is 0 Å². The van der Waals surface area contributed by atoms with Gasteiger partial charge in [-0.2, -0.15) is 5.26 Å².